The first kappa shape index (κ1) is 19.1. The Hall–Kier alpha value is -3.19. The maximum atomic E-state index is 12.4. The average Bonchev–Trinajstić information content (AvgIpc) is 3.01. The molecule has 1 aromatic heterocycles. The Morgan fingerprint density at radius 1 is 1.21 bits per heavy atom. The number of hydrogen-bond acceptors (Lipinski definition) is 5. The lowest BCUT2D eigenvalue weighted by atomic mass is 10.00. The van der Waals surface area contributed by atoms with E-state index in [2.05, 4.69) is 15.5 Å². The van der Waals surface area contributed by atoms with Gasteiger partial charge in [0.05, 0.1) is 17.8 Å². The van der Waals surface area contributed by atoms with Gasteiger partial charge in [0.15, 0.2) is 5.82 Å². The Labute approximate surface area is 173 Å². The van der Waals surface area contributed by atoms with Crippen molar-refractivity contribution in [2.75, 3.05) is 6.54 Å². The molecule has 0 saturated heterocycles. The summed E-state index contributed by atoms with van der Waals surface area (Å²) in [5.41, 5.74) is 3.15. The second-order valence-electron chi connectivity index (χ2n) is 6.80. The van der Waals surface area contributed by atoms with Gasteiger partial charge in [0.2, 0.25) is 5.91 Å². The van der Waals surface area contributed by atoms with Crippen molar-refractivity contribution in [3.8, 4) is 11.4 Å². The van der Waals surface area contributed by atoms with E-state index in [9.17, 15) is 9.90 Å². The van der Waals surface area contributed by atoms with Crippen molar-refractivity contribution >= 4 is 23.2 Å². The van der Waals surface area contributed by atoms with Crippen LogP contribution in [0.5, 0.6) is 5.75 Å². The van der Waals surface area contributed by atoms with Crippen LogP contribution >= 0.6 is 11.6 Å². The molecule has 2 aromatic carbocycles. The van der Waals surface area contributed by atoms with Crippen LogP contribution in [-0.4, -0.2) is 38.0 Å². The van der Waals surface area contributed by atoms with Gasteiger partial charge in [-0.25, -0.2) is 0 Å². The number of benzene rings is 2. The predicted molar refractivity (Wildman–Crippen MR) is 111 cm³/mol. The number of halogens is 1. The molecule has 148 valence electrons. The highest BCUT2D eigenvalue weighted by molar-refractivity contribution is 6.31. The summed E-state index contributed by atoms with van der Waals surface area (Å²) in [6, 6.07) is 11.8. The Balaban J connectivity index is 1.95. The summed E-state index contributed by atoms with van der Waals surface area (Å²) < 4.78 is 1.92. The molecule has 1 aliphatic heterocycles. The fourth-order valence-electron chi connectivity index (χ4n) is 3.50. The smallest absolute Gasteiger partial charge is 0.222 e. The third-order valence-electron chi connectivity index (χ3n) is 4.78. The van der Waals surface area contributed by atoms with E-state index in [4.69, 9.17) is 16.6 Å². The summed E-state index contributed by atoms with van der Waals surface area (Å²) in [5, 5.41) is 21.6. The molecule has 0 spiro atoms. The zero-order valence-corrected chi connectivity index (χ0v) is 16.8. The second-order valence-corrected chi connectivity index (χ2v) is 7.24. The SMILES string of the molecule is CCNC(=O)C[C@@H]1N=C(c2ccc(O)cc2)c2cc(Cl)ccc2-n2c(C)nnc21. The van der Waals surface area contributed by atoms with Crippen LogP contribution in [-0.2, 0) is 4.79 Å². The highest BCUT2D eigenvalue weighted by Crippen LogP contribution is 2.33. The Morgan fingerprint density at radius 3 is 2.69 bits per heavy atom. The van der Waals surface area contributed by atoms with Crippen molar-refractivity contribution in [1.29, 1.82) is 0 Å². The number of amides is 1. The number of phenols is 1. The number of aromatic hydroxyl groups is 1. The van der Waals surface area contributed by atoms with Gasteiger partial charge < -0.3 is 10.4 Å². The number of hydrogen-bond donors (Lipinski definition) is 2. The van der Waals surface area contributed by atoms with E-state index in [1.165, 1.54) is 0 Å². The largest absolute Gasteiger partial charge is 0.508 e. The third kappa shape index (κ3) is 3.61. The first-order valence-corrected chi connectivity index (χ1v) is 9.72. The second kappa shape index (κ2) is 7.67. The fourth-order valence-corrected chi connectivity index (χ4v) is 3.67. The van der Waals surface area contributed by atoms with E-state index in [0.29, 0.717) is 28.9 Å². The molecule has 1 atom stereocenters. The summed E-state index contributed by atoms with van der Waals surface area (Å²) in [4.78, 5) is 17.3. The topological polar surface area (TPSA) is 92.4 Å². The highest BCUT2D eigenvalue weighted by Gasteiger charge is 2.29. The van der Waals surface area contributed by atoms with Crippen molar-refractivity contribution in [3.05, 3.63) is 70.3 Å². The van der Waals surface area contributed by atoms with Crippen molar-refractivity contribution in [2.24, 2.45) is 4.99 Å². The molecule has 2 N–H and O–H groups in total. The molecule has 1 amide bonds. The van der Waals surface area contributed by atoms with Gasteiger partial charge in [-0.05, 0) is 56.3 Å². The van der Waals surface area contributed by atoms with E-state index < -0.39 is 6.04 Å². The van der Waals surface area contributed by atoms with Gasteiger partial charge in [0, 0.05) is 22.7 Å². The molecule has 29 heavy (non-hydrogen) atoms. The zero-order valence-electron chi connectivity index (χ0n) is 16.1. The van der Waals surface area contributed by atoms with Gasteiger partial charge in [-0.15, -0.1) is 10.2 Å². The van der Waals surface area contributed by atoms with E-state index in [-0.39, 0.29) is 18.1 Å². The van der Waals surface area contributed by atoms with Crippen LogP contribution in [0.3, 0.4) is 0 Å². The number of nitrogens with zero attached hydrogens (tertiary/aromatic N) is 4. The number of phenolic OH excluding ortho intramolecular Hbond substituents is 1. The van der Waals surface area contributed by atoms with Gasteiger partial charge in [-0.3, -0.25) is 14.4 Å². The number of aryl methyl sites for hydroxylation is 1. The molecule has 7 nitrogen and oxygen atoms in total. The normalized spacial score (nSPS) is 15.1. The van der Waals surface area contributed by atoms with Gasteiger partial charge in [0.1, 0.15) is 17.6 Å². The quantitative estimate of drug-likeness (QED) is 0.691. The molecule has 0 aliphatic carbocycles. The standard InChI is InChI=1S/C21H20ClN5O2/c1-3-23-19(29)11-17-21-26-25-12(2)27(21)18-9-6-14(22)10-16(18)20(24-17)13-4-7-15(28)8-5-13/h4-10,17,28H,3,11H2,1-2H3,(H,23,29)/t17-/m0/s1. The van der Waals surface area contributed by atoms with Gasteiger partial charge >= 0.3 is 0 Å². The Morgan fingerprint density at radius 2 is 1.97 bits per heavy atom. The van der Waals surface area contributed by atoms with E-state index in [1.807, 2.05) is 36.6 Å². The van der Waals surface area contributed by atoms with Crippen LogP contribution in [0.2, 0.25) is 5.02 Å². The van der Waals surface area contributed by atoms with Crippen molar-refractivity contribution in [3.63, 3.8) is 0 Å². The summed E-state index contributed by atoms with van der Waals surface area (Å²) >= 11 is 6.31. The average molecular weight is 410 g/mol. The number of nitrogens with one attached hydrogen (secondary N) is 1. The minimum absolute atomic E-state index is 0.109. The molecule has 1 aliphatic rings. The van der Waals surface area contributed by atoms with Crippen LogP contribution in [0.1, 0.15) is 42.2 Å². The summed E-state index contributed by atoms with van der Waals surface area (Å²) in [5.74, 6) is 1.36. The maximum absolute atomic E-state index is 12.4. The van der Waals surface area contributed by atoms with Crippen LogP contribution in [0, 0.1) is 6.92 Å². The monoisotopic (exact) mass is 409 g/mol. The summed E-state index contributed by atoms with van der Waals surface area (Å²) in [6.07, 6.45) is 0.148. The molecular formula is C21H20ClN5O2. The van der Waals surface area contributed by atoms with Gasteiger partial charge in [0.25, 0.3) is 0 Å². The Kier molecular flexibility index (Phi) is 5.07. The lowest BCUT2D eigenvalue weighted by Crippen LogP contribution is -2.25. The first-order valence-electron chi connectivity index (χ1n) is 9.34. The lowest BCUT2D eigenvalue weighted by Gasteiger charge is -2.13. The molecule has 0 unspecified atom stereocenters. The molecule has 0 saturated carbocycles. The lowest BCUT2D eigenvalue weighted by molar-refractivity contribution is -0.121. The molecule has 2 heterocycles. The zero-order chi connectivity index (χ0) is 20.5. The number of aliphatic imine (C=N–C) groups is 1. The minimum atomic E-state index is -0.516. The van der Waals surface area contributed by atoms with Crippen molar-refractivity contribution in [1.82, 2.24) is 20.1 Å². The molecule has 3 aromatic rings. The fraction of sp³-hybridized carbons (Fsp3) is 0.238. The Bertz CT molecular complexity index is 1100. The molecule has 0 bridgehead atoms. The molecule has 0 fully saturated rings. The van der Waals surface area contributed by atoms with E-state index >= 15 is 0 Å². The number of rotatable bonds is 4. The first-order chi connectivity index (χ1) is 14.0. The molecule has 4 rings (SSSR count). The third-order valence-corrected chi connectivity index (χ3v) is 5.02. The number of carbonyl (C=O) groups excluding carboxylic acids is 1. The van der Waals surface area contributed by atoms with Crippen LogP contribution in [0.25, 0.3) is 5.69 Å². The predicted octanol–water partition coefficient (Wildman–Crippen LogP) is 3.35. The number of fused-ring (bicyclic) bond motifs is 3. The highest BCUT2D eigenvalue weighted by atomic mass is 35.5. The van der Waals surface area contributed by atoms with Crippen molar-refractivity contribution < 1.29 is 9.90 Å². The van der Waals surface area contributed by atoms with Gasteiger partial charge in [-0.2, -0.15) is 0 Å². The van der Waals surface area contributed by atoms with Gasteiger partial charge in [-0.1, -0.05) is 11.6 Å². The number of carbonyl (C=O) groups is 1. The molecular weight excluding hydrogens is 390 g/mol. The van der Waals surface area contributed by atoms with E-state index in [1.54, 1.807) is 24.3 Å². The maximum Gasteiger partial charge on any atom is 0.222 e. The minimum Gasteiger partial charge on any atom is -0.508 e. The summed E-state index contributed by atoms with van der Waals surface area (Å²) in [6.45, 7) is 4.28. The number of aromatic nitrogens is 3. The molecule has 8 heteroatoms. The van der Waals surface area contributed by atoms with Crippen LogP contribution in [0.15, 0.2) is 47.5 Å². The van der Waals surface area contributed by atoms with Crippen LogP contribution < -0.4 is 5.32 Å². The molecule has 0 radical (unpaired) electrons. The van der Waals surface area contributed by atoms with Crippen molar-refractivity contribution in [2.45, 2.75) is 26.3 Å². The summed E-state index contributed by atoms with van der Waals surface area (Å²) in [7, 11) is 0. The van der Waals surface area contributed by atoms with Crippen LogP contribution in [0.4, 0.5) is 0 Å². The van der Waals surface area contributed by atoms with E-state index in [0.717, 1.165) is 16.8 Å².